The highest BCUT2D eigenvalue weighted by Gasteiger charge is 2.29. The predicted molar refractivity (Wildman–Crippen MR) is 81.9 cm³/mol. The van der Waals surface area contributed by atoms with Crippen LogP contribution in [-0.2, 0) is 21.4 Å². The van der Waals surface area contributed by atoms with Gasteiger partial charge in [0.15, 0.2) is 5.76 Å². The van der Waals surface area contributed by atoms with Gasteiger partial charge in [0.05, 0.1) is 6.54 Å². The van der Waals surface area contributed by atoms with Crippen molar-refractivity contribution in [1.29, 1.82) is 0 Å². The Kier molecular flexibility index (Phi) is 5.12. The van der Waals surface area contributed by atoms with Crippen molar-refractivity contribution in [1.82, 2.24) is 19.8 Å². The molecule has 124 valence electrons. The van der Waals surface area contributed by atoms with Crippen molar-refractivity contribution >= 4 is 15.9 Å². The third kappa shape index (κ3) is 3.93. The monoisotopic (exact) mass is 338 g/mol. The summed E-state index contributed by atoms with van der Waals surface area (Å²) in [5, 5.41) is 6.30. The number of nitrogens with zero attached hydrogens (tertiary/aromatic N) is 3. The van der Waals surface area contributed by atoms with E-state index >= 15 is 0 Å². The van der Waals surface area contributed by atoms with E-state index in [0.717, 1.165) is 9.87 Å². The Labute approximate surface area is 134 Å². The zero-order chi connectivity index (χ0) is 17.0. The number of aromatic nitrogens is 2. The molecule has 2 heterocycles. The number of aryl methyl sites for hydroxylation is 2. The summed E-state index contributed by atoms with van der Waals surface area (Å²) in [6.45, 7) is 3.07. The van der Waals surface area contributed by atoms with Gasteiger partial charge in [0.25, 0.3) is 0 Å². The summed E-state index contributed by atoms with van der Waals surface area (Å²) in [6, 6.07) is 3.54. The minimum atomic E-state index is -3.83. The highest BCUT2D eigenvalue weighted by Crippen LogP contribution is 2.21. The lowest BCUT2D eigenvalue weighted by Gasteiger charge is -2.16. The van der Waals surface area contributed by atoms with Gasteiger partial charge in [0, 0.05) is 26.0 Å². The predicted octanol–water partition coefficient (Wildman–Crippen LogP) is 0.623. The maximum atomic E-state index is 12.5. The van der Waals surface area contributed by atoms with Gasteiger partial charge < -0.3 is 9.84 Å². The smallest absolute Gasteiger partial charge is 0.248 e. The molecular weight excluding hydrogens is 320 g/mol. The molecule has 0 unspecified atom stereocenters. The third-order valence-electron chi connectivity index (χ3n) is 3.24. The van der Waals surface area contributed by atoms with Crippen LogP contribution in [0.5, 0.6) is 0 Å². The summed E-state index contributed by atoms with van der Waals surface area (Å²) in [5.74, 6) is -0.203. The first-order chi connectivity index (χ1) is 10.8. The summed E-state index contributed by atoms with van der Waals surface area (Å²) >= 11 is 0. The quantitative estimate of drug-likeness (QED) is 0.828. The fourth-order valence-electron chi connectivity index (χ4n) is 2.04. The lowest BCUT2D eigenvalue weighted by atomic mass is 10.3. The van der Waals surface area contributed by atoms with E-state index in [0.29, 0.717) is 6.54 Å². The molecule has 0 radical (unpaired) electrons. The number of likely N-dealkylation sites (N-methyl/N-ethyl adjacent to an activating group) is 1. The molecule has 8 nitrogen and oxygen atoms in total. The topological polar surface area (TPSA) is 105 Å². The van der Waals surface area contributed by atoms with Gasteiger partial charge in [-0.15, -0.1) is 0 Å². The molecule has 0 saturated carbocycles. The zero-order valence-electron chi connectivity index (χ0n) is 13.1. The second kappa shape index (κ2) is 6.88. The van der Waals surface area contributed by atoms with Crippen LogP contribution in [0.25, 0.3) is 0 Å². The maximum Gasteiger partial charge on any atom is 0.248 e. The number of nitrogens with one attached hydrogen (secondary N) is 1. The maximum absolute atomic E-state index is 12.5. The third-order valence-corrected chi connectivity index (χ3v) is 5.29. The normalized spacial score (nSPS) is 11.7. The van der Waals surface area contributed by atoms with Gasteiger partial charge in [0.2, 0.25) is 15.9 Å². The van der Waals surface area contributed by atoms with E-state index in [9.17, 15) is 13.2 Å². The van der Waals surface area contributed by atoms with E-state index < -0.39 is 15.9 Å². The largest absolute Gasteiger partial charge is 0.360 e. The molecule has 2 aromatic rings. The van der Waals surface area contributed by atoms with Crippen LogP contribution in [0.15, 0.2) is 33.9 Å². The number of carbonyl (C=O) groups is 1. The Hall–Kier alpha value is -2.26. The van der Waals surface area contributed by atoms with Crippen molar-refractivity contribution in [2.45, 2.75) is 25.3 Å². The number of sulfonamides is 1. The number of hydrogen-bond acceptors (Lipinski definition) is 6. The molecule has 0 fully saturated rings. The molecular formula is C14H18N4O4S. The van der Waals surface area contributed by atoms with Gasteiger partial charge >= 0.3 is 0 Å². The Balaban J connectivity index is 2.01. The molecule has 1 N–H and O–H groups in total. The molecule has 0 aliphatic rings. The molecule has 0 spiro atoms. The van der Waals surface area contributed by atoms with E-state index in [4.69, 9.17) is 4.52 Å². The van der Waals surface area contributed by atoms with E-state index in [1.165, 1.54) is 14.0 Å². The van der Waals surface area contributed by atoms with Crippen LogP contribution >= 0.6 is 0 Å². The highest BCUT2D eigenvalue weighted by molar-refractivity contribution is 7.89. The first kappa shape index (κ1) is 17.1. The minimum absolute atomic E-state index is 0.00179. The number of amides is 1. The Morgan fingerprint density at radius 2 is 1.96 bits per heavy atom. The Bertz CT molecular complexity index is 767. The van der Waals surface area contributed by atoms with E-state index in [1.807, 2.05) is 0 Å². The number of pyridine rings is 1. The average Bonchev–Trinajstić information content (AvgIpc) is 2.85. The van der Waals surface area contributed by atoms with Crippen LogP contribution in [0.2, 0.25) is 0 Å². The molecule has 0 saturated heterocycles. The molecule has 0 bridgehead atoms. The zero-order valence-corrected chi connectivity index (χ0v) is 13.9. The van der Waals surface area contributed by atoms with Crippen molar-refractivity contribution in [2.75, 3.05) is 13.6 Å². The fraction of sp³-hybridized carbons (Fsp3) is 0.357. The number of rotatable bonds is 6. The van der Waals surface area contributed by atoms with Gasteiger partial charge in [-0.2, -0.15) is 4.31 Å². The van der Waals surface area contributed by atoms with Crippen LogP contribution in [0.3, 0.4) is 0 Å². The summed E-state index contributed by atoms with van der Waals surface area (Å²) in [4.78, 5) is 15.8. The standard InChI is InChI=1S/C14H18N4O4S/c1-10-14(11(2)22-17-10)23(20,21)18(3)9-13(19)16-8-12-4-6-15-7-5-12/h4-7H,8-9H2,1-3H3,(H,16,19). The van der Waals surface area contributed by atoms with Crippen molar-refractivity contribution in [3.8, 4) is 0 Å². The minimum Gasteiger partial charge on any atom is -0.360 e. The van der Waals surface area contributed by atoms with E-state index in [1.54, 1.807) is 31.5 Å². The Morgan fingerprint density at radius 3 is 2.52 bits per heavy atom. The van der Waals surface area contributed by atoms with Crippen LogP contribution in [0, 0.1) is 13.8 Å². The molecule has 1 amide bonds. The van der Waals surface area contributed by atoms with Crippen LogP contribution in [-0.4, -0.2) is 42.4 Å². The average molecular weight is 338 g/mol. The fourth-order valence-corrected chi connectivity index (χ4v) is 3.45. The number of carbonyl (C=O) groups excluding carboxylic acids is 1. The second-order valence-corrected chi connectivity index (χ2v) is 7.03. The summed E-state index contributed by atoms with van der Waals surface area (Å²) in [6.07, 6.45) is 3.24. The first-order valence-electron chi connectivity index (χ1n) is 6.87. The number of hydrogen-bond donors (Lipinski definition) is 1. The highest BCUT2D eigenvalue weighted by atomic mass is 32.2. The molecule has 9 heteroatoms. The SMILES string of the molecule is Cc1noc(C)c1S(=O)(=O)N(C)CC(=O)NCc1ccncc1. The van der Waals surface area contributed by atoms with Crippen molar-refractivity contribution in [2.24, 2.45) is 0 Å². The van der Waals surface area contributed by atoms with Crippen LogP contribution in [0.4, 0.5) is 0 Å². The molecule has 0 atom stereocenters. The van der Waals surface area contributed by atoms with Crippen LogP contribution in [0.1, 0.15) is 17.0 Å². The lowest BCUT2D eigenvalue weighted by molar-refractivity contribution is -0.121. The molecule has 2 aromatic heterocycles. The lowest BCUT2D eigenvalue weighted by Crippen LogP contribution is -2.38. The Morgan fingerprint density at radius 1 is 1.30 bits per heavy atom. The second-order valence-electron chi connectivity index (χ2n) is 5.05. The van der Waals surface area contributed by atoms with E-state index in [2.05, 4.69) is 15.5 Å². The van der Waals surface area contributed by atoms with Gasteiger partial charge in [0.1, 0.15) is 10.6 Å². The van der Waals surface area contributed by atoms with Gasteiger partial charge in [-0.25, -0.2) is 8.42 Å². The van der Waals surface area contributed by atoms with Crippen molar-refractivity contribution in [3.05, 3.63) is 41.5 Å². The molecule has 0 aliphatic heterocycles. The van der Waals surface area contributed by atoms with Crippen LogP contribution < -0.4 is 5.32 Å². The van der Waals surface area contributed by atoms with Crippen molar-refractivity contribution < 1.29 is 17.7 Å². The van der Waals surface area contributed by atoms with Gasteiger partial charge in [-0.1, -0.05) is 5.16 Å². The van der Waals surface area contributed by atoms with Gasteiger partial charge in [-0.3, -0.25) is 9.78 Å². The summed E-state index contributed by atoms with van der Waals surface area (Å²) in [5.41, 5.74) is 1.15. The summed E-state index contributed by atoms with van der Waals surface area (Å²) in [7, 11) is -2.49. The molecule has 23 heavy (non-hydrogen) atoms. The molecule has 0 aliphatic carbocycles. The molecule has 0 aromatic carbocycles. The van der Waals surface area contributed by atoms with E-state index in [-0.39, 0.29) is 22.9 Å². The molecule has 2 rings (SSSR count). The summed E-state index contributed by atoms with van der Waals surface area (Å²) < 4.78 is 30.8. The van der Waals surface area contributed by atoms with Crippen molar-refractivity contribution in [3.63, 3.8) is 0 Å². The van der Waals surface area contributed by atoms with Gasteiger partial charge in [-0.05, 0) is 31.5 Å². The first-order valence-corrected chi connectivity index (χ1v) is 8.31.